The van der Waals surface area contributed by atoms with Gasteiger partial charge in [-0.25, -0.2) is 8.42 Å². The van der Waals surface area contributed by atoms with E-state index < -0.39 is 21.9 Å². The van der Waals surface area contributed by atoms with Crippen molar-refractivity contribution in [2.45, 2.75) is 11.4 Å². The molecule has 28 heavy (non-hydrogen) atoms. The van der Waals surface area contributed by atoms with Crippen molar-refractivity contribution < 1.29 is 27.5 Å². The van der Waals surface area contributed by atoms with Gasteiger partial charge in [0, 0.05) is 0 Å². The number of para-hydroxylation sites is 1. The summed E-state index contributed by atoms with van der Waals surface area (Å²) in [5, 5.41) is 13.4. The number of hydrogen-bond acceptors (Lipinski definition) is 6. The molecule has 0 radical (unpaired) electrons. The van der Waals surface area contributed by atoms with Gasteiger partial charge in [0.2, 0.25) is 0 Å². The molecule has 0 aliphatic rings. The van der Waals surface area contributed by atoms with Gasteiger partial charge in [-0.15, -0.1) is 0 Å². The van der Waals surface area contributed by atoms with E-state index in [1.807, 2.05) is 0 Å². The van der Waals surface area contributed by atoms with Crippen LogP contribution in [0.25, 0.3) is 0 Å². The zero-order chi connectivity index (χ0) is 20.1. The van der Waals surface area contributed by atoms with Gasteiger partial charge in [-0.3, -0.25) is 9.52 Å². The molecule has 0 saturated heterocycles. The van der Waals surface area contributed by atoms with E-state index >= 15 is 0 Å². The number of hydrogen-bond donors (Lipinski definition) is 2. The molecule has 1 amide bonds. The first-order chi connectivity index (χ1) is 13.4. The Hall–Kier alpha value is -3.59. The van der Waals surface area contributed by atoms with Gasteiger partial charge in [-0.2, -0.15) is 0 Å². The van der Waals surface area contributed by atoms with Crippen molar-refractivity contribution in [2.75, 3.05) is 4.72 Å². The first-order valence-corrected chi connectivity index (χ1v) is 9.59. The molecule has 3 aromatic rings. The first-order valence-electron chi connectivity index (χ1n) is 8.10. The highest BCUT2D eigenvalue weighted by Gasteiger charge is 2.18. The minimum Gasteiger partial charge on any atom is -0.545 e. The molecule has 2 aromatic carbocycles. The summed E-state index contributed by atoms with van der Waals surface area (Å²) >= 11 is 0. The lowest BCUT2D eigenvalue weighted by atomic mass is 10.1. The predicted molar refractivity (Wildman–Crippen MR) is 97.9 cm³/mol. The number of carboxylic acids is 1. The number of aromatic carboxylic acids is 1. The summed E-state index contributed by atoms with van der Waals surface area (Å²) in [4.78, 5) is 23.1. The van der Waals surface area contributed by atoms with E-state index in [1.165, 1.54) is 18.4 Å². The van der Waals surface area contributed by atoms with Crippen LogP contribution in [0, 0.1) is 0 Å². The summed E-state index contributed by atoms with van der Waals surface area (Å²) in [6, 6.07) is 14.1. The zero-order valence-corrected chi connectivity index (χ0v) is 15.2. The van der Waals surface area contributed by atoms with E-state index in [1.54, 1.807) is 24.3 Å². The molecular weight excluding hydrogens is 384 g/mol. The lowest BCUT2D eigenvalue weighted by Crippen LogP contribution is -2.25. The Bertz CT molecular complexity index is 1090. The molecule has 1 heterocycles. The van der Waals surface area contributed by atoms with E-state index in [0.29, 0.717) is 5.76 Å². The number of carbonyl (C=O) groups is 2. The highest BCUT2D eigenvalue weighted by atomic mass is 32.2. The van der Waals surface area contributed by atoms with E-state index in [0.717, 1.165) is 24.3 Å². The highest BCUT2D eigenvalue weighted by Crippen LogP contribution is 2.20. The Morgan fingerprint density at radius 3 is 2.32 bits per heavy atom. The van der Waals surface area contributed by atoms with Crippen molar-refractivity contribution in [3.63, 3.8) is 0 Å². The van der Waals surface area contributed by atoms with Crippen molar-refractivity contribution in [1.82, 2.24) is 5.32 Å². The molecule has 144 valence electrons. The summed E-state index contributed by atoms with van der Waals surface area (Å²) in [7, 11) is -4.03. The fourth-order valence-electron chi connectivity index (χ4n) is 2.42. The fourth-order valence-corrected chi connectivity index (χ4v) is 3.50. The Kier molecular flexibility index (Phi) is 5.46. The standard InChI is InChI=1S/C19H16N2O6S/c22-18(20-12-14-4-3-11-27-14)16-5-1-2-6-17(16)21-28(25,26)15-9-7-13(8-10-15)19(23)24/h1-11,21H,12H2,(H,20,22)(H,23,24)/p-1. The fraction of sp³-hybridized carbons (Fsp3) is 0.0526. The number of carbonyl (C=O) groups excluding carboxylic acids is 2. The molecule has 0 aliphatic carbocycles. The van der Waals surface area contributed by atoms with E-state index in [-0.39, 0.29) is 28.3 Å². The monoisotopic (exact) mass is 399 g/mol. The van der Waals surface area contributed by atoms with Gasteiger partial charge < -0.3 is 19.6 Å². The lowest BCUT2D eigenvalue weighted by molar-refractivity contribution is -0.255. The van der Waals surface area contributed by atoms with Crippen molar-refractivity contribution in [3.05, 3.63) is 83.8 Å². The maximum atomic E-state index is 12.6. The average molecular weight is 399 g/mol. The molecule has 8 nitrogen and oxygen atoms in total. The summed E-state index contributed by atoms with van der Waals surface area (Å²) in [5.74, 6) is -1.34. The molecule has 0 unspecified atom stereocenters. The molecule has 0 spiro atoms. The number of benzene rings is 2. The second-order valence-electron chi connectivity index (χ2n) is 5.72. The maximum absolute atomic E-state index is 12.6. The van der Waals surface area contributed by atoms with Crippen LogP contribution < -0.4 is 15.1 Å². The molecule has 0 saturated carbocycles. The first kappa shape index (κ1) is 19.2. The van der Waals surface area contributed by atoms with E-state index in [4.69, 9.17) is 4.42 Å². The van der Waals surface area contributed by atoms with Gasteiger partial charge in [-0.1, -0.05) is 24.3 Å². The van der Waals surface area contributed by atoms with Gasteiger partial charge in [0.15, 0.2) is 0 Å². The van der Waals surface area contributed by atoms with E-state index in [2.05, 4.69) is 10.0 Å². The molecule has 0 atom stereocenters. The molecule has 9 heteroatoms. The third kappa shape index (κ3) is 4.38. The third-order valence-corrected chi connectivity index (χ3v) is 5.20. The Morgan fingerprint density at radius 1 is 0.964 bits per heavy atom. The Balaban J connectivity index is 1.80. The van der Waals surface area contributed by atoms with Crippen LogP contribution >= 0.6 is 0 Å². The topological polar surface area (TPSA) is 129 Å². The SMILES string of the molecule is O=C([O-])c1ccc(S(=O)(=O)Nc2ccccc2C(=O)NCc2ccco2)cc1. The number of furan rings is 1. The second-order valence-corrected chi connectivity index (χ2v) is 7.41. The van der Waals surface area contributed by atoms with Crippen LogP contribution in [0.3, 0.4) is 0 Å². The minimum atomic E-state index is -4.03. The summed E-state index contributed by atoms with van der Waals surface area (Å²) < 4.78 is 32.7. The number of rotatable bonds is 7. The van der Waals surface area contributed by atoms with Gasteiger partial charge in [0.1, 0.15) is 5.76 Å². The van der Waals surface area contributed by atoms with Crippen LogP contribution in [0.15, 0.2) is 76.2 Å². The van der Waals surface area contributed by atoms with Crippen LogP contribution in [-0.4, -0.2) is 20.3 Å². The lowest BCUT2D eigenvalue weighted by Gasteiger charge is -2.13. The van der Waals surface area contributed by atoms with Gasteiger partial charge >= 0.3 is 0 Å². The van der Waals surface area contributed by atoms with Gasteiger partial charge in [0.25, 0.3) is 15.9 Å². The normalized spacial score (nSPS) is 11.0. The predicted octanol–water partition coefficient (Wildman–Crippen LogP) is 1.37. The molecule has 0 fully saturated rings. The molecule has 2 N–H and O–H groups in total. The summed E-state index contributed by atoms with van der Waals surface area (Å²) in [5.41, 5.74) is 0.0732. The highest BCUT2D eigenvalue weighted by molar-refractivity contribution is 7.92. The molecule has 1 aromatic heterocycles. The van der Waals surface area contributed by atoms with E-state index in [9.17, 15) is 23.1 Å². The number of sulfonamides is 1. The molecule has 3 rings (SSSR count). The Labute approximate surface area is 160 Å². The molecule has 0 aliphatic heterocycles. The van der Waals surface area contributed by atoms with Crippen LogP contribution in [0.1, 0.15) is 26.5 Å². The Morgan fingerprint density at radius 2 is 1.68 bits per heavy atom. The van der Waals surface area contributed by atoms with Crippen molar-refractivity contribution in [1.29, 1.82) is 0 Å². The summed E-state index contributed by atoms with van der Waals surface area (Å²) in [6.45, 7) is 0.150. The van der Waals surface area contributed by atoms with Crippen molar-refractivity contribution in [2.24, 2.45) is 0 Å². The largest absolute Gasteiger partial charge is 0.545 e. The van der Waals surface area contributed by atoms with Crippen molar-refractivity contribution >= 4 is 27.6 Å². The van der Waals surface area contributed by atoms with Crippen LogP contribution in [0.2, 0.25) is 0 Å². The maximum Gasteiger partial charge on any atom is 0.261 e. The van der Waals surface area contributed by atoms with Crippen LogP contribution in [-0.2, 0) is 16.6 Å². The summed E-state index contributed by atoms with van der Waals surface area (Å²) in [6.07, 6.45) is 1.48. The minimum absolute atomic E-state index is 0.0865. The van der Waals surface area contributed by atoms with Crippen LogP contribution in [0.5, 0.6) is 0 Å². The van der Waals surface area contributed by atoms with Gasteiger partial charge in [0.05, 0.1) is 34.9 Å². The quantitative estimate of drug-likeness (QED) is 0.617. The number of carboxylic acid groups (broad SMARTS) is 1. The number of anilines is 1. The number of amides is 1. The van der Waals surface area contributed by atoms with Crippen molar-refractivity contribution in [3.8, 4) is 0 Å². The molecule has 0 bridgehead atoms. The molecular formula is C19H15N2O6S-. The smallest absolute Gasteiger partial charge is 0.261 e. The second kappa shape index (κ2) is 7.97. The van der Waals surface area contributed by atoms with Gasteiger partial charge in [-0.05, 0) is 42.0 Å². The average Bonchev–Trinajstić information content (AvgIpc) is 3.20. The third-order valence-electron chi connectivity index (χ3n) is 3.82. The zero-order valence-electron chi connectivity index (χ0n) is 14.4. The van der Waals surface area contributed by atoms with Crippen LogP contribution in [0.4, 0.5) is 5.69 Å². The number of nitrogens with one attached hydrogen (secondary N) is 2.